The molecule has 0 radical (unpaired) electrons. The minimum absolute atomic E-state index is 0.0373. The van der Waals surface area contributed by atoms with Crippen LogP contribution in [0.15, 0.2) is 41.3 Å². The SMILES string of the molecule is COc1ccc2c(c1)CCN(S(=O)(=O)CCCNC(=O)c1ccc(=O)[nH]c1)C2. The fourth-order valence-corrected chi connectivity index (χ4v) is 4.58. The number of H-pyrrole nitrogens is 1. The van der Waals surface area contributed by atoms with Crippen molar-refractivity contribution < 1.29 is 17.9 Å². The van der Waals surface area contributed by atoms with E-state index in [4.69, 9.17) is 4.74 Å². The molecular formula is C19H23N3O5S. The zero-order valence-electron chi connectivity index (χ0n) is 15.6. The molecule has 0 unspecified atom stereocenters. The Morgan fingerprint density at radius 1 is 1.25 bits per heavy atom. The fraction of sp³-hybridized carbons (Fsp3) is 0.368. The zero-order valence-corrected chi connectivity index (χ0v) is 16.4. The standard InChI is InChI=1S/C19H23N3O5S/c1-27-17-5-3-16-13-22(9-7-14(16)11-17)28(25,26)10-2-8-20-19(24)15-4-6-18(23)21-12-15/h3-6,11-12H,2,7-10,13H2,1H3,(H,20,24)(H,21,23). The Labute approximate surface area is 163 Å². The Hall–Kier alpha value is -2.65. The van der Waals surface area contributed by atoms with E-state index in [1.165, 1.54) is 22.6 Å². The van der Waals surface area contributed by atoms with Crippen LogP contribution < -0.4 is 15.6 Å². The number of sulfonamides is 1. The molecule has 0 aliphatic carbocycles. The molecule has 1 amide bonds. The van der Waals surface area contributed by atoms with E-state index in [2.05, 4.69) is 10.3 Å². The highest BCUT2D eigenvalue weighted by Crippen LogP contribution is 2.25. The molecule has 0 spiro atoms. The van der Waals surface area contributed by atoms with Gasteiger partial charge in [0, 0.05) is 31.9 Å². The molecule has 150 valence electrons. The van der Waals surface area contributed by atoms with Gasteiger partial charge in [-0.1, -0.05) is 6.07 Å². The van der Waals surface area contributed by atoms with Crippen LogP contribution in [0.5, 0.6) is 5.75 Å². The third-order valence-electron chi connectivity index (χ3n) is 4.70. The number of rotatable bonds is 7. The van der Waals surface area contributed by atoms with Gasteiger partial charge in [0.05, 0.1) is 18.4 Å². The van der Waals surface area contributed by atoms with E-state index in [0.717, 1.165) is 16.9 Å². The van der Waals surface area contributed by atoms with Crippen molar-refractivity contribution in [2.24, 2.45) is 0 Å². The highest BCUT2D eigenvalue weighted by atomic mass is 32.2. The van der Waals surface area contributed by atoms with Gasteiger partial charge in [-0.2, -0.15) is 4.31 Å². The maximum absolute atomic E-state index is 12.6. The summed E-state index contributed by atoms with van der Waals surface area (Å²) in [5, 5.41) is 2.66. The molecule has 9 heteroatoms. The van der Waals surface area contributed by atoms with E-state index >= 15 is 0 Å². The van der Waals surface area contributed by atoms with Gasteiger partial charge in [0.2, 0.25) is 15.6 Å². The van der Waals surface area contributed by atoms with Crippen LogP contribution in [-0.4, -0.2) is 49.6 Å². The molecule has 1 aliphatic rings. The average Bonchev–Trinajstić information content (AvgIpc) is 2.70. The number of fused-ring (bicyclic) bond motifs is 1. The molecule has 0 bridgehead atoms. The summed E-state index contributed by atoms with van der Waals surface area (Å²) in [7, 11) is -1.80. The van der Waals surface area contributed by atoms with Gasteiger partial charge in [-0.25, -0.2) is 8.42 Å². The Balaban J connectivity index is 1.50. The molecule has 0 saturated heterocycles. The van der Waals surface area contributed by atoms with Crippen molar-refractivity contribution in [3.63, 3.8) is 0 Å². The molecule has 28 heavy (non-hydrogen) atoms. The van der Waals surface area contributed by atoms with Crippen molar-refractivity contribution in [1.29, 1.82) is 0 Å². The van der Waals surface area contributed by atoms with E-state index in [0.29, 0.717) is 31.5 Å². The Kier molecular flexibility index (Phi) is 6.15. The minimum Gasteiger partial charge on any atom is -0.497 e. The minimum atomic E-state index is -3.41. The third-order valence-corrected chi connectivity index (χ3v) is 6.60. The molecule has 0 atom stereocenters. The van der Waals surface area contributed by atoms with Gasteiger partial charge in [0.25, 0.3) is 5.91 Å². The number of carbonyl (C=O) groups is 1. The molecule has 1 aromatic carbocycles. The monoisotopic (exact) mass is 405 g/mol. The normalized spacial score (nSPS) is 14.3. The second kappa shape index (κ2) is 8.57. The van der Waals surface area contributed by atoms with E-state index in [1.54, 1.807) is 7.11 Å². The first-order chi connectivity index (χ1) is 13.4. The number of aromatic nitrogens is 1. The maximum Gasteiger partial charge on any atom is 0.252 e. The maximum atomic E-state index is 12.6. The number of pyridine rings is 1. The summed E-state index contributed by atoms with van der Waals surface area (Å²) in [6, 6.07) is 8.38. The van der Waals surface area contributed by atoms with Crippen molar-refractivity contribution in [2.45, 2.75) is 19.4 Å². The van der Waals surface area contributed by atoms with Gasteiger partial charge in [0.15, 0.2) is 0 Å². The summed E-state index contributed by atoms with van der Waals surface area (Å²) in [5.74, 6) is 0.382. The molecular weight excluding hydrogens is 382 g/mol. The van der Waals surface area contributed by atoms with Crippen molar-refractivity contribution in [3.05, 3.63) is 63.6 Å². The molecule has 0 fully saturated rings. The molecule has 2 aromatic rings. The summed E-state index contributed by atoms with van der Waals surface area (Å²) in [5.41, 5.74) is 2.13. The van der Waals surface area contributed by atoms with Crippen molar-refractivity contribution in [1.82, 2.24) is 14.6 Å². The number of nitrogens with zero attached hydrogens (tertiary/aromatic N) is 1. The highest BCUT2D eigenvalue weighted by molar-refractivity contribution is 7.89. The Morgan fingerprint density at radius 2 is 2.07 bits per heavy atom. The molecule has 8 nitrogen and oxygen atoms in total. The number of nitrogens with one attached hydrogen (secondary N) is 2. The number of aromatic amines is 1. The summed E-state index contributed by atoms with van der Waals surface area (Å²) in [6.07, 6.45) is 2.28. The number of amides is 1. The van der Waals surface area contributed by atoms with Crippen LogP contribution in [0.1, 0.15) is 27.9 Å². The second-order valence-corrected chi connectivity index (χ2v) is 8.67. The lowest BCUT2D eigenvalue weighted by atomic mass is 10.0. The van der Waals surface area contributed by atoms with Crippen molar-refractivity contribution >= 4 is 15.9 Å². The predicted octanol–water partition coefficient (Wildman–Crippen LogP) is 0.892. The van der Waals surface area contributed by atoms with Crippen LogP contribution in [0.2, 0.25) is 0 Å². The van der Waals surface area contributed by atoms with Gasteiger partial charge >= 0.3 is 0 Å². The van der Waals surface area contributed by atoms with E-state index < -0.39 is 10.0 Å². The smallest absolute Gasteiger partial charge is 0.252 e. The summed E-state index contributed by atoms with van der Waals surface area (Å²) < 4.78 is 31.9. The lowest BCUT2D eigenvalue weighted by Crippen LogP contribution is -2.38. The van der Waals surface area contributed by atoms with Crippen molar-refractivity contribution in [2.75, 3.05) is 26.0 Å². The van der Waals surface area contributed by atoms with Gasteiger partial charge in [-0.05, 0) is 42.2 Å². The second-order valence-electron chi connectivity index (χ2n) is 6.59. The van der Waals surface area contributed by atoms with E-state index in [1.807, 2.05) is 18.2 Å². The number of ether oxygens (including phenoxy) is 1. The largest absolute Gasteiger partial charge is 0.497 e. The average molecular weight is 405 g/mol. The quantitative estimate of drug-likeness (QED) is 0.665. The molecule has 1 aromatic heterocycles. The molecule has 0 saturated carbocycles. The van der Waals surface area contributed by atoms with Gasteiger partial charge < -0.3 is 15.0 Å². The molecule has 1 aliphatic heterocycles. The number of carbonyl (C=O) groups excluding carboxylic acids is 1. The third kappa shape index (κ3) is 4.79. The van der Waals surface area contributed by atoms with Crippen LogP contribution in [0.3, 0.4) is 0 Å². The number of methoxy groups -OCH3 is 1. The van der Waals surface area contributed by atoms with Gasteiger partial charge in [-0.3, -0.25) is 9.59 Å². The first-order valence-electron chi connectivity index (χ1n) is 8.99. The molecule has 2 heterocycles. The van der Waals surface area contributed by atoms with E-state index in [-0.39, 0.29) is 23.8 Å². The number of hydrogen-bond donors (Lipinski definition) is 2. The summed E-state index contributed by atoms with van der Waals surface area (Å²) in [6.45, 7) is 1.02. The Morgan fingerprint density at radius 3 is 2.79 bits per heavy atom. The highest BCUT2D eigenvalue weighted by Gasteiger charge is 2.26. The van der Waals surface area contributed by atoms with Crippen LogP contribution in [-0.2, 0) is 23.0 Å². The molecule has 2 N–H and O–H groups in total. The van der Waals surface area contributed by atoms with Crippen LogP contribution in [0, 0.1) is 0 Å². The summed E-state index contributed by atoms with van der Waals surface area (Å²) >= 11 is 0. The lowest BCUT2D eigenvalue weighted by Gasteiger charge is -2.28. The first-order valence-corrected chi connectivity index (χ1v) is 10.6. The predicted molar refractivity (Wildman–Crippen MR) is 105 cm³/mol. The Bertz CT molecular complexity index is 996. The first kappa shape index (κ1) is 20.1. The lowest BCUT2D eigenvalue weighted by molar-refractivity contribution is 0.0953. The number of hydrogen-bond acceptors (Lipinski definition) is 5. The zero-order chi connectivity index (χ0) is 20.1. The van der Waals surface area contributed by atoms with Gasteiger partial charge in [0.1, 0.15) is 5.75 Å². The fourth-order valence-electron chi connectivity index (χ4n) is 3.11. The van der Waals surface area contributed by atoms with E-state index in [9.17, 15) is 18.0 Å². The van der Waals surface area contributed by atoms with Crippen LogP contribution in [0.25, 0.3) is 0 Å². The molecule has 3 rings (SSSR count). The van der Waals surface area contributed by atoms with Crippen LogP contribution >= 0.6 is 0 Å². The summed E-state index contributed by atoms with van der Waals surface area (Å²) in [4.78, 5) is 25.4. The van der Waals surface area contributed by atoms with Crippen molar-refractivity contribution in [3.8, 4) is 5.75 Å². The number of benzene rings is 1. The van der Waals surface area contributed by atoms with Crippen LogP contribution in [0.4, 0.5) is 0 Å². The van der Waals surface area contributed by atoms with Gasteiger partial charge in [-0.15, -0.1) is 0 Å². The topological polar surface area (TPSA) is 109 Å².